The Balaban J connectivity index is 1.94. The molecule has 1 unspecified atom stereocenters. The lowest BCUT2D eigenvalue weighted by molar-refractivity contribution is 0.0576. The van der Waals surface area contributed by atoms with Gasteiger partial charge >= 0.3 is 0 Å². The quantitative estimate of drug-likeness (QED) is 0.798. The van der Waals surface area contributed by atoms with Gasteiger partial charge in [0.1, 0.15) is 10.4 Å². The molecule has 0 aliphatic carbocycles. The van der Waals surface area contributed by atoms with Crippen molar-refractivity contribution in [3.8, 4) is 0 Å². The molecule has 2 rings (SSSR count). The first kappa shape index (κ1) is 11.9. The monoisotopic (exact) mass is 284 g/mol. The molecular weight excluding hydrogens is 268 g/mol. The number of halogens is 1. The van der Waals surface area contributed by atoms with Crippen molar-refractivity contribution in [2.24, 2.45) is 5.92 Å². The van der Waals surface area contributed by atoms with E-state index in [0.29, 0.717) is 5.92 Å². The van der Waals surface area contributed by atoms with Crippen LogP contribution in [0, 0.1) is 5.92 Å². The van der Waals surface area contributed by atoms with Gasteiger partial charge in [0.2, 0.25) is 0 Å². The van der Waals surface area contributed by atoms with Gasteiger partial charge in [0, 0.05) is 20.2 Å². The standard InChI is InChI=1S/C12H17BrN2O/c1-15(8-10-4-3-7-16-9-10)12-6-2-5-11(13)14-12/h2,5-6,10H,3-4,7-9H2,1H3. The number of nitrogens with zero attached hydrogens (tertiary/aromatic N) is 2. The molecule has 0 N–H and O–H groups in total. The summed E-state index contributed by atoms with van der Waals surface area (Å²) >= 11 is 3.39. The molecule has 2 heterocycles. The molecule has 1 saturated heterocycles. The van der Waals surface area contributed by atoms with Crippen molar-refractivity contribution < 1.29 is 4.74 Å². The minimum absolute atomic E-state index is 0.638. The van der Waals surface area contributed by atoms with E-state index in [1.54, 1.807) is 0 Å². The van der Waals surface area contributed by atoms with Crippen molar-refractivity contribution in [2.75, 3.05) is 31.7 Å². The summed E-state index contributed by atoms with van der Waals surface area (Å²) in [6.45, 7) is 2.83. The summed E-state index contributed by atoms with van der Waals surface area (Å²) in [5, 5.41) is 0. The van der Waals surface area contributed by atoms with Crippen LogP contribution in [0.3, 0.4) is 0 Å². The van der Waals surface area contributed by atoms with Gasteiger partial charge in [0.05, 0.1) is 6.61 Å². The number of pyridine rings is 1. The van der Waals surface area contributed by atoms with Gasteiger partial charge in [0.15, 0.2) is 0 Å². The summed E-state index contributed by atoms with van der Waals surface area (Å²) < 4.78 is 6.37. The predicted molar refractivity (Wildman–Crippen MR) is 68.8 cm³/mol. The highest BCUT2D eigenvalue weighted by Gasteiger charge is 2.16. The van der Waals surface area contributed by atoms with Gasteiger partial charge in [-0.15, -0.1) is 0 Å². The second-order valence-electron chi connectivity index (χ2n) is 4.28. The molecule has 88 valence electrons. The summed E-state index contributed by atoms with van der Waals surface area (Å²) in [6.07, 6.45) is 2.45. The van der Waals surface area contributed by atoms with Crippen molar-refractivity contribution >= 4 is 21.7 Å². The van der Waals surface area contributed by atoms with Crippen LogP contribution in [0.1, 0.15) is 12.8 Å². The third-order valence-corrected chi connectivity index (χ3v) is 3.32. The predicted octanol–water partition coefficient (Wildman–Crippen LogP) is 2.71. The molecule has 1 fully saturated rings. The topological polar surface area (TPSA) is 25.4 Å². The van der Waals surface area contributed by atoms with Crippen LogP contribution in [0.5, 0.6) is 0 Å². The van der Waals surface area contributed by atoms with Crippen LogP contribution in [-0.4, -0.2) is 31.8 Å². The van der Waals surface area contributed by atoms with Gasteiger partial charge in [-0.2, -0.15) is 0 Å². The van der Waals surface area contributed by atoms with E-state index in [2.05, 4.69) is 32.9 Å². The lowest BCUT2D eigenvalue weighted by atomic mass is 10.0. The molecule has 1 aromatic rings. The first-order valence-electron chi connectivity index (χ1n) is 5.67. The van der Waals surface area contributed by atoms with Crippen molar-refractivity contribution in [1.82, 2.24) is 4.98 Å². The Morgan fingerprint density at radius 3 is 3.12 bits per heavy atom. The highest BCUT2D eigenvalue weighted by Crippen LogP contribution is 2.18. The SMILES string of the molecule is CN(CC1CCCOC1)c1cccc(Br)n1. The van der Waals surface area contributed by atoms with Crippen LogP contribution < -0.4 is 4.90 Å². The number of aromatic nitrogens is 1. The average Bonchev–Trinajstić information content (AvgIpc) is 2.30. The minimum atomic E-state index is 0.638. The summed E-state index contributed by atoms with van der Waals surface area (Å²) in [4.78, 5) is 6.64. The molecule has 0 amide bonds. The van der Waals surface area contributed by atoms with E-state index in [-0.39, 0.29) is 0 Å². The number of rotatable bonds is 3. The first-order chi connectivity index (χ1) is 7.75. The second-order valence-corrected chi connectivity index (χ2v) is 5.09. The lowest BCUT2D eigenvalue weighted by Crippen LogP contribution is -2.31. The summed E-state index contributed by atoms with van der Waals surface area (Å²) in [6, 6.07) is 6.00. The van der Waals surface area contributed by atoms with E-state index in [1.165, 1.54) is 12.8 Å². The fourth-order valence-electron chi connectivity index (χ4n) is 2.04. The van der Waals surface area contributed by atoms with Crippen molar-refractivity contribution in [1.29, 1.82) is 0 Å². The van der Waals surface area contributed by atoms with E-state index in [9.17, 15) is 0 Å². The maximum absolute atomic E-state index is 5.49. The number of hydrogen-bond acceptors (Lipinski definition) is 3. The molecule has 1 aliphatic heterocycles. The van der Waals surface area contributed by atoms with Gasteiger partial charge in [-0.1, -0.05) is 6.07 Å². The molecule has 3 nitrogen and oxygen atoms in total. The molecule has 0 aromatic carbocycles. The van der Waals surface area contributed by atoms with Gasteiger partial charge in [0.25, 0.3) is 0 Å². The highest BCUT2D eigenvalue weighted by atomic mass is 79.9. The minimum Gasteiger partial charge on any atom is -0.381 e. The lowest BCUT2D eigenvalue weighted by Gasteiger charge is -2.27. The Labute approximate surface area is 105 Å². The average molecular weight is 285 g/mol. The van der Waals surface area contributed by atoms with E-state index < -0.39 is 0 Å². The third kappa shape index (κ3) is 3.19. The second kappa shape index (κ2) is 5.64. The molecule has 1 aromatic heterocycles. The fraction of sp³-hybridized carbons (Fsp3) is 0.583. The van der Waals surface area contributed by atoms with E-state index in [4.69, 9.17) is 4.74 Å². The largest absolute Gasteiger partial charge is 0.381 e. The maximum atomic E-state index is 5.49. The molecule has 0 bridgehead atoms. The Hall–Kier alpha value is -0.610. The normalized spacial score (nSPS) is 20.8. The van der Waals surface area contributed by atoms with Crippen molar-refractivity contribution in [2.45, 2.75) is 12.8 Å². The van der Waals surface area contributed by atoms with Gasteiger partial charge < -0.3 is 9.64 Å². The van der Waals surface area contributed by atoms with E-state index >= 15 is 0 Å². The van der Waals surface area contributed by atoms with Gasteiger partial charge in [-0.25, -0.2) is 4.98 Å². The Bertz CT molecular complexity index is 340. The number of hydrogen-bond donors (Lipinski definition) is 0. The molecule has 0 saturated carbocycles. The highest BCUT2D eigenvalue weighted by molar-refractivity contribution is 9.10. The maximum Gasteiger partial charge on any atom is 0.129 e. The molecular formula is C12H17BrN2O. The van der Waals surface area contributed by atoms with Crippen LogP contribution in [0.25, 0.3) is 0 Å². The number of ether oxygens (including phenoxy) is 1. The van der Waals surface area contributed by atoms with Crippen LogP contribution in [0.4, 0.5) is 5.82 Å². The smallest absolute Gasteiger partial charge is 0.129 e. The summed E-state index contributed by atoms with van der Waals surface area (Å²) in [5.41, 5.74) is 0. The fourth-order valence-corrected chi connectivity index (χ4v) is 2.38. The van der Waals surface area contributed by atoms with E-state index in [0.717, 1.165) is 30.2 Å². The molecule has 1 aliphatic rings. The zero-order valence-electron chi connectivity index (χ0n) is 9.53. The summed E-state index contributed by atoms with van der Waals surface area (Å²) in [7, 11) is 2.09. The third-order valence-electron chi connectivity index (χ3n) is 2.88. The number of anilines is 1. The molecule has 4 heteroatoms. The van der Waals surface area contributed by atoms with Crippen molar-refractivity contribution in [3.05, 3.63) is 22.8 Å². The Morgan fingerprint density at radius 1 is 1.56 bits per heavy atom. The van der Waals surface area contributed by atoms with Crippen LogP contribution in [-0.2, 0) is 4.74 Å². The molecule has 0 spiro atoms. The van der Waals surface area contributed by atoms with E-state index in [1.807, 2.05) is 18.2 Å². The Kier molecular flexibility index (Phi) is 4.18. The molecule has 16 heavy (non-hydrogen) atoms. The van der Waals surface area contributed by atoms with Crippen LogP contribution >= 0.6 is 15.9 Å². The molecule has 1 atom stereocenters. The van der Waals surface area contributed by atoms with Crippen molar-refractivity contribution in [3.63, 3.8) is 0 Å². The van der Waals surface area contributed by atoms with Gasteiger partial charge in [-0.05, 0) is 46.8 Å². The zero-order valence-corrected chi connectivity index (χ0v) is 11.1. The first-order valence-corrected chi connectivity index (χ1v) is 6.46. The summed E-state index contributed by atoms with van der Waals surface area (Å²) in [5.74, 6) is 1.65. The Morgan fingerprint density at radius 2 is 2.44 bits per heavy atom. The zero-order chi connectivity index (χ0) is 11.4. The van der Waals surface area contributed by atoms with Gasteiger partial charge in [-0.3, -0.25) is 0 Å². The van der Waals surface area contributed by atoms with Crippen LogP contribution in [0.15, 0.2) is 22.8 Å². The molecule has 0 radical (unpaired) electrons. The van der Waals surface area contributed by atoms with Crippen LogP contribution in [0.2, 0.25) is 0 Å².